The van der Waals surface area contributed by atoms with Gasteiger partial charge in [0.05, 0.1) is 6.33 Å². The van der Waals surface area contributed by atoms with Crippen molar-refractivity contribution in [3.63, 3.8) is 0 Å². The number of aromatic nitrogens is 2. The minimum absolute atomic E-state index is 0.356. The summed E-state index contributed by atoms with van der Waals surface area (Å²) in [4.78, 5) is 15.4. The first-order chi connectivity index (χ1) is 10.2. The quantitative estimate of drug-likeness (QED) is 0.694. The molecule has 112 valence electrons. The summed E-state index contributed by atoms with van der Waals surface area (Å²) in [6.45, 7) is 6.50. The summed E-state index contributed by atoms with van der Waals surface area (Å²) in [6, 6.07) is 6.39. The molecule has 1 aromatic carbocycles. The molecular weight excluding hydrogens is 262 g/mol. The first-order valence-electron chi connectivity index (χ1n) is 7.60. The van der Waals surface area contributed by atoms with E-state index in [9.17, 15) is 4.91 Å². The Bertz CT molecular complexity index is 576. The maximum absolute atomic E-state index is 11.3. The second-order valence-electron chi connectivity index (χ2n) is 5.71. The van der Waals surface area contributed by atoms with Gasteiger partial charge in [0.15, 0.2) is 6.17 Å². The van der Waals surface area contributed by atoms with Gasteiger partial charge in [0, 0.05) is 18.0 Å². The highest BCUT2D eigenvalue weighted by atomic mass is 16.3. The predicted molar refractivity (Wildman–Crippen MR) is 85.3 cm³/mol. The van der Waals surface area contributed by atoms with E-state index < -0.39 is 6.17 Å². The molecule has 21 heavy (non-hydrogen) atoms. The molecule has 0 saturated carbocycles. The fourth-order valence-corrected chi connectivity index (χ4v) is 2.58. The van der Waals surface area contributed by atoms with E-state index >= 15 is 0 Å². The average molecular weight is 285 g/mol. The molecule has 0 fully saturated rings. The van der Waals surface area contributed by atoms with Crippen molar-refractivity contribution in [3.05, 3.63) is 58.5 Å². The first kappa shape index (κ1) is 15.4. The summed E-state index contributed by atoms with van der Waals surface area (Å²) >= 11 is 0. The number of imidazole rings is 1. The minimum atomic E-state index is -0.537. The van der Waals surface area contributed by atoms with E-state index in [0.717, 1.165) is 12.0 Å². The third kappa shape index (κ3) is 3.57. The van der Waals surface area contributed by atoms with Crippen LogP contribution in [0.1, 0.15) is 62.4 Å². The minimum Gasteiger partial charge on any atom is -0.308 e. The Balaban J connectivity index is 2.39. The predicted octanol–water partition coefficient (Wildman–Crippen LogP) is 4.66. The Morgan fingerprint density at radius 1 is 1.29 bits per heavy atom. The van der Waals surface area contributed by atoms with Gasteiger partial charge in [0.25, 0.3) is 0 Å². The van der Waals surface area contributed by atoms with E-state index in [1.54, 1.807) is 23.3 Å². The van der Waals surface area contributed by atoms with Gasteiger partial charge >= 0.3 is 0 Å². The normalized spacial score (nSPS) is 12.6. The van der Waals surface area contributed by atoms with Crippen LogP contribution in [0.3, 0.4) is 0 Å². The van der Waals surface area contributed by atoms with Gasteiger partial charge in [0.2, 0.25) is 0 Å². The monoisotopic (exact) mass is 285 g/mol. The lowest BCUT2D eigenvalue weighted by molar-refractivity contribution is 0.596. The first-order valence-corrected chi connectivity index (χ1v) is 7.60. The van der Waals surface area contributed by atoms with Gasteiger partial charge in [-0.2, -0.15) is 0 Å². The van der Waals surface area contributed by atoms with E-state index in [1.165, 1.54) is 24.0 Å². The summed E-state index contributed by atoms with van der Waals surface area (Å²) < 4.78 is 1.75. The molecule has 0 N–H and O–H groups in total. The molecule has 0 saturated heterocycles. The molecular formula is C17H23N3O. The fraction of sp³-hybridized carbons (Fsp3) is 0.471. The third-order valence-electron chi connectivity index (χ3n) is 3.78. The molecule has 0 spiro atoms. The number of hydrogen-bond donors (Lipinski definition) is 0. The number of unbranched alkanes of at least 4 members (excludes halogenated alkanes) is 1. The zero-order valence-corrected chi connectivity index (χ0v) is 13.0. The van der Waals surface area contributed by atoms with E-state index in [-0.39, 0.29) is 0 Å². The number of benzene rings is 1. The number of hydrogen-bond acceptors (Lipinski definition) is 3. The van der Waals surface area contributed by atoms with Gasteiger partial charge < -0.3 is 4.57 Å². The second-order valence-corrected chi connectivity index (χ2v) is 5.71. The molecule has 0 amide bonds. The molecule has 0 radical (unpaired) electrons. The molecule has 1 heterocycles. The standard InChI is InChI=1S/C17H23N3O/c1-4-5-6-14-7-8-15(16(11-14)13(2)3)17(19-21)20-10-9-18-12-20/h7-13,17H,4-6H2,1-3H3. The Hall–Kier alpha value is -1.97. The van der Waals surface area contributed by atoms with Crippen LogP contribution in [0.5, 0.6) is 0 Å². The Labute approximate surface area is 126 Å². The number of aryl methyl sites for hydroxylation is 1. The molecule has 1 aromatic heterocycles. The number of rotatable bonds is 7. The van der Waals surface area contributed by atoms with Gasteiger partial charge in [-0.1, -0.05) is 45.4 Å². The smallest absolute Gasteiger partial charge is 0.194 e. The van der Waals surface area contributed by atoms with Crippen molar-refractivity contribution in [2.24, 2.45) is 5.18 Å². The van der Waals surface area contributed by atoms with Crippen molar-refractivity contribution in [1.82, 2.24) is 9.55 Å². The van der Waals surface area contributed by atoms with Gasteiger partial charge in [-0.05, 0) is 35.1 Å². The molecule has 1 unspecified atom stereocenters. The highest BCUT2D eigenvalue weighted by Crippen LogP contribution is 2.29. The molecule has 0 aliphatic rings. The SMILES string of the molecule is CCCCc1ccc(C(N=O)n2ccnc2)c(C(C)C)c1. The van der Waals surface area contributed by atoms with E-state index in [2.05, 4.69) is 43.1 Å². The lowest BCUT2D eigenvalue weighted by Gasteiger charge is -2.19. The summed E-state index contributed by atoms with van der Waals surface area (Å²) in [6.07, 6.45) is 8.01. The van der Waals surface area contributed by atoms with E-state index in [0.29, 0.717) is 5.92 Å². The molecule has 0 aliphatic carbocycles. The molecule has 0 bridgehead atoms. The maximum Gasteiger partial charge on any atom is 0.194 e. The molecule has 1 atom stereocenters. The average Bonchev–Trinajstić information content (AvgIpc) is 3.00. The summed E-state index contributed by atoms with van der Waals surface area (Å²) in [7, 11) is 0. The lowest BCUT2D eigenvalue weighted by Crippen LogP contribution is -2.10. The van der Waals surface area contributed by atoms with Crippen LogP contribution in [0.15, 0.2) is 42.1 Å². The van der Waals surface area contributed by atoms with Crippen LogP contribution in [0.2, 0.25) is 0 Å². The Kier molecular flexibility index (Phi) is 5.26. The van der Waals surface area contributed by atoms with Crippen LogP contribution < -0.4 is 0 Å². The van der Waals surface area contributed by atoms with Crippen molar-refractivity contribution in [2.45, 2.75) is 52.1 Å². The molecule has 2 aromatic rings. The van der Waals surface area contributed by atoms with Crippen molar-refractivity contribution >= 4 is 0 Å². The van der Waals surface area contributed by atoms with Gasteiger partial charge in [-0.3, -0.25) is 0 Å². The summed E-state index contributed by atoms with van der Waals surface area (Å²) in [5.41, 5.74) is 3.50. The molecule has 4 nitrogen and oxygen atoms in total. The molecule has 4 heteroatoms. The zero-order chi connectivity index (χ0) is 15.2. The molecule has 2 rings (SSSR count). The summed E-state index contributed by atoms with van der Waals surface area (Å²) in [5, 5.41) is 3.31. The van der Waals surface area contributed by atoms with Crippen LogP contribution in [-0.4, -0.2) is 9.55 Å². The van der Waals surface area contributed by atoms with Crippen LogP contribution in [-0.2, 0) is 6.42 Å². The van der Waals surface area contributed by atoms with E-state index in [1.807, 2.05) is 6.07 Å². The lowest BCUT2D eigenvalue weighted by atomic mass is 9.92. The van der Waals surface area contributed by atoms with Crippen LogP contribution in [0, 0.1) is 4.91 Å². The summed E-state index contributed by atoms with van der Waals surface area (Å²) in [5.74, 6) is 0.356. The fourth-order valence-electron chi connectivity index (χ4n) is 2.58. The zero-order valence-electron chi connectivity index (χ0n) is 13.0. The topological polar surface area (TPSA) is 47.2 Å². The highest BCUT2D eigenvalue weighted by molar-refractivity contribution is 5.37. The maximum atomic E-state index is 11.3. The van der Waals surface area contributed by atoms with Crippen LogP contribution in [0.4, 0.5) is 0 Å². The Morgan fingerprint density at radius 2 is 2.10 bits per heavy atom. The van der Waals surface area contributed by atoms with Crippen molar-refractivity contribution < 1.29 is 0 Å². The highest BCUT2D eigenvalue weighted by Gasteiger charge is 2.19. The largest absolute Gasteiger partial charge is 0.308 e. The van der Waals surface area contributed by atoms with Gasteiger partial charge in [-0.25, -0.2) is 4.98 Å². The van der Waals surface area contributed by atoms with E-state index in [4.69, 9.17) is 0 Å². The third-order valence-corrected chi connectivity index (χ3v) is 3.78. The Morgan fingerprint density at radius 3 is 2.67 bits per heavy atom. The van der Waals surface area contributed by atoms with Gasteiger partial charge in [0.1, 0.15) is 0 Å². The second kappa shape index (κ2) is 7.16. The number of nitrogens with zero attached hydrogens (tertiary/aromatic N) is 3. The van der Waals surface area contributed by atoms with Crippen LogP contribution >= 0.6 is 0 Å². The van der Waals surface area contributed by atoms with Crippen molar-refractivity contribution in [3.8, 4) is 0 Å². The van der Waals surface area contributed by atoms with Crippen LogP contribution in [0.25, 0.3) is 0 Å². The van der Waals surface area contributed by atoms with Crippen molar-refractivity contribution in [2.75, 3.05) is 0 Å². The van der Waals surface area contributed by atoms with Crippen molar-refractivity contribution in [1.29, 1.82) is 0 Å². The van der Waals surface area contributed by atoms with Gasteiger partial charge in [-0.15, -0.1) is 4.91 Å². The molecule has 0 aliphatic heterocycles. The number of nitroso groups, excluding NO2 is 1.